The van der Waals surface area contributed by atoms with Crippen molar-refractivity contribution in [3.05, 3.63) is 59.7 Å². The SMILES string of the molecule is CCCOc1c(-c2cccs2)cccc1N1c2ccncc2C(=O)NCC1NC. The summed E-state index contributed by atoms with van der Waals surface area (Å²) in [6.45, 7) is 3.17. The molecule has 7 heteroatoms. The number of benzene rings is 1. The molecular weight excluding hydrogens is 384 g/mol. The van der Waals surface area contributed by atoms with Gasteiger partial charge in [-0.25, -0.2) is 0 Å². The fraction of sp³-hybridized carbons (Fsp3) is 0.273. The maximum Gasteiger partial charge on any atom is 0.255 e. The molecule has 2 aromatic heterocycles. The van der Waals surface area contributed by atoms with E-state index >= 15 is 0 Å². The van der Waals surface area contributed by atoms with Gasteiger partial charge in [-0.3, -0.25) is 15.1 Å². The van der Waals surface area contributed by atoms with Crippen LogP contribution in [0.3, 0.4) is 0 Å². The van der Waals surface area contributed by atoms with E-state index in [0.29, 0.717) is 18.7 Å². The summed E-state index contributed by atoms with van der Waals surface area (Å²) in [5.41, 5.74) is 3.33. The molecule has 1 aliphatic heterocycles. The normalized spacial score (nSPS) is 16.1. The number of nitrogens with one attached hydrogen (secondary N) is 2. The number of para-hydroxylation sites is 1. The Morgan fingerprint density at radius 2 is 2.14 bits per heavy atom. The molecule has 0 aliphatic carbocycles. The number of anilines is 2. The maximum atomic E-state index is 12.6. The molecule has 0 fully saturated rings. The summed E-state index contributed by atoms with van der Waals surface area (Å²) in [4.78, 5) is 20.1. The molecule has 150 valence electrons. The van der Waals surface area contributed by atoms with Crippen LogP contribution in [0.15, 0.2) is 54.2 Å². The van der Waals surface area contributed by atoms with Gasteiger partial charge in [-0.15, -0.1) is 11.3 Å². The van der Waals surface area contributed by atoms with Gasteiger partial charge in [0.15, 0.2) is 5.75 Å². The van der Waals surface area contributed by atoms with E-state index in [9.17, 15) is 4.79 Å². The van der Waals surface area contributed by atoms with Gasteiger partial charge in [-0.1, -0.05) is 19.1 Å². The van der Waals surface area contributed by atoms with Gasteiger partial charge >= 0.3 is 0 Å². The van der Waals surface area contributed by atoms with Crippen LogP contribution in [0.1, 0.15) is 23.7 Å². The van der Waals surface area contributed by atoms with E-state index in [1.165, 1.54) is 0 Å². The van der Waals surface area contributed by atoms with Gasteiger partial charge in [0.05, 0.1) is 30.1 Å². The number of carbonyl (C=O) groups is 1. The van der Waals surface area contributed by atoms with Crippen molar-refractivity contribution in [3.63, 3.8) is 0 Å². The third-order valence-electron chi connectivity index (χ3n) is 4.89. The molecule has 0 bridgehead atoms. The van der Waals surface area contributed by atoms with Crippen molar-refractivity contribution in [1.29, 1.82) is 0 Å². The molecule has 1 aliphatic rings. The van der Waals surface area contributed by atoms with E-state index in [-0.39, 0.29) is 12.1 Å². The number of hydrogen-bond acceptors (Lipinski definition) is 6. The number of pyridine rings is 1. The van der Waals surface area contributed by atoms with Crippen molar-refractivity contribution < 1.29 is 9.53 Å². The minimum absolute atomic E-state index is 0.124. The zero-order valence-corrected chi connectivity index (χ0v) is 17.3. The highest BCUT2D eigenvalue weighted by atomic mass is 32.1. The zero-order valence-electron chi connectivity index (χ0n) is 16.5. The summed E-state index contributed by atoms with van der Waals surface area (Å²) in [6.07, 6.45) is 4.11. The smallest absolute Gasteiger partial charge is 0.255 e. The van der Waals surface area contributed by atoms with Crippen molar-refractivity contribution in [1.82, 2.24) is 15.6 Å². The van der Waals surface area contributed by atoms with E-state index in [4.69, 9.17) is 4.74 Å². The van der Waals surface area contributed by atoms with Crippen LogP contribution >= 0.6 is 11.3 Å². The lowest BCUT2D eigenvalue weighted by Crippen LogP contribution is -2.47. The molecule has 3 aromatic rings. The molecule has 0 saturated carbocycles. The highest BCUT2D eigenvalue weighted by Crippen LogP contribution is 2.44. The third-order valence-corrected chi connectivity index (χ3v) is 5.80. The van der Waals surface area contributed by atoms with E-state index < -0.39 is 0 Å². The quantitative estimate of drug-likeness (QED) is 0.645. The summed E-state index contributed by atoms with van der Waals surface area (Å²) in [5, 5.41) is 8.38. The van der Waals surface area contributed by atoms with Crippen LogP contribution in [0.2, 0.25) is 0 Å². The van der Waals surface area contributed by atoms with Crippen molar-refractivity contribution in [2.75, 3.05) is 25.1 Å². The molecule has 6 nitrogen and oxygen atoms in total. The number of hydrogen-bond donors (Lipinski definition) is 2. The van der Waals surface area contributed by atoms with Crippen molar-refractivity contribution >= 4 is 28.6 Å². The van der Waals surface area contributed by atoms with Crippen molar-refractivity contribution in [2.24, 2.45) is 0 Å². The summed E-state index contributed by atoms with van der Waals surface area (Å²) in [6, 6.07) is 12.2. The highest BCUT2D eigenvalue weighted by molar-refractivity contribution is 7.13. The lowest BCUT2D eigenvalue weighted by atomic mass is 10.1. The molecule has 2 N–H and O–H groups in total. The second kappa shape index (κ2) is 8.63. The Morgan fingerprint density at radius 3 is 2.90 bits per heavy atom. The van der Waals surface area contributed by atoms with Gasteiger partial charge in [0.2, 0.25) is 0 Å². The van der Waals surface area contributed by atoms with E-state index in [0.717, 1.165) is 34.0 Å². The monoisotopic (exact) mass is 408 g/mol. The topological polar surface area (TPSA) is 66.5 Å². The number of fused-ring (bicyclic) bond motifs is 1. The fourth-order valence-corrected chi connectivity index (χ4v) is 4.29. The minimum atomic E-state index is -0.134. The molecule has 1 unspecified atom stereocenters. The first-order valence-electron chi connectivity index (χ1n) is 9.73. The number of nitrogens with zero attached hydrogens (tertiary/aromatic N) is 2. The van der Waals surface area contributed by atoms with Crippen LogP contribution in [0.25, 0.3) is 10.4 Å². The van der Waals surface area contributed by atoms with Gasteiger partial charge in [-0.2, -0.15) is 0 Å². The zero-order chi connectivity index (χ0) is 20.2. The fourth-order valence-electron chi connectivity index (χ4n) is 3.54. The van der Waals surface area contributed by atoms with Gasteiger partial charge in [0.25, 0.3) is 5.91 Å². The Labute approximate surface area is 174 Å². The number of amides is 1. The molecule has 1 amide bonds. The van der Waals surface area contributed by atoms with Crippen LogP contribution in [0, 0.1) is 0 Å². The van der Waals surface area contributed by atoms with Crippen LogP contribution in [0.5, 0.6) is 5.75 Å². The Hall–Kier alpha value is -2.90. The van der Waals surface area contributed by atoms with Gasteiger partial charge in [0, 0.05) is 22.8 Å². The molecule has 1 atom stereocenters. The first kappa shape index (κ1) is 19.4. The average Bonchev–Trinajstić information content (AvgIpc) is 3.25. The number of rotatable bonds is 6. The molecule has 3 heterocycles. The van der Waals surface area contributed by atoms with Gasteiger partial charge in [-0.05, 0) is 43.1 Å². The van der Waals surface area contributed by atoms with E-state index in [1.54, 1.807) is 23.7 Å². The lowest BCUT2D eigenvalue weighted by Gasteiger charge is -2.34. The maximum absolute atomic E-state index is 12.6. The second-order valence-corrected chi connectivity index (χ2v) is 7.70. The molecule has 29 heavy (non-hydrogen) atoms. The first-order valence-corrected chi connectivity index (χ1v) is 10.6. The molecule has 0 spiro atoms. The highest BCUT2D eigenvalue weighted by Gasteiger charge is 2.31. The predicted molar refractivity (Wildman–Crippen MR) is 117 cm³/mol. The largest absolute Gasteiger partial charge is 0.491 e. The Morgan fingerprint density at radius 1 is 1.24 bits per heavy atom. The summed E-state index contributed by atoms with van der Waals surface area (Å²) >= 11 is 1.69. The molecular formula is C22H24N4O2S. The number of thiophene rings is 1. The van der Waals surface area contributed by atoms with Crippen LogP contribution < -0.4 is 20.3 Å². The Bertz CT molecular complexity index is 990. The predicted octanol–water partition coefficient (Wildman–Crippen LogP) is 4.03. The second-order valence-electron chi connectivity index (χ2n) is 6.76. The third kappa shape index (κ3) is 3.71. The Kier molecular flexibility index (Phi) is 5.78. The summed E-state index contributed by atoms with van der Waals surface area (Å²) < 4.78 is 6.29. The van der Waals surface area contributed by atoms with E-state index in [1.807, 2.05) is 31.3 Å². The number of aromatic nitrogens is 1. The van der Waals surface area contributed by atoms with Crippen molar-refractivity contribution in [2.45, 2.75) is 19.5 Å². The molecule has 4 rings (SSSR count). The molecule has 0 radical (unpaired) electrons. The van der Waals surface area contributed by atoms with Crippen LogP contribution in [0.4, 0.5) is 11.4 Å². The van der Waals surface area contributed by atoms with Gasteiger partial charge < -0.3 is 15.0 Å². The minimum Gasteiger partial charge on any atom is -0.491 e. The Balaban J connectivity index is 1.93. The summed E-state index contributed by atoms with van der Waals surface area (Å²) in [7, 11) is 1.89. The van der Waals surface area contributed by atoms with Crippen molar-refractivity contribution in [3.8, 4) is 16.2 Å². The molecule has 0 saturated heterocycles. The van der Waals surface area contributed by atoms with Gasteiger partial charge in [0.1, 0.15) is 6.17 Å². The van der Waals surface area contributed by atoms with E-state index in [2.05, 4.69) is 45.0 Å². The molecule has 1 aromatic carbocycles. The van der Waals surface area contributed by atoms with Crippen LogP contribution in [-0.4, -0.2) is 37.3 Å². The number of ether oxygens (including phenoxy) is 1. The van der Waals surface area contributed by atoms with Crippen LogP contribution in [-0.2, 0) is 0 Å². The lowest BCUT2D eigenvalue weighted by molar-refractivity contribution is 0.0954. The average molecular weight is 409 g/mol. The standard InChI is InChI=1S/C22H24N4O2S/c1-3-11-28-21-15(19-8-5-12-29-19)6-4-7-18(21)26-17-9-10-24-13-16(17)22(27)25-14-20(26)23-2/h4-10,12-13,20,23H,3,11,14H2,1-2H3,(H,25,27). The first-order chi connectivity index (χ1) is 14.2. The summed E-state index contributed by atoms with van der Waals surface area (Å²) in [5.74, 6) is 0.704. The number of likely N-dealkylation sites (N-methyl/N-ethyl adjacent to an activating group) is 1. The number of carbonyl (C=O) groups excluding carboxylic acids is 1.